The third-order valence-corrected chi connectivity index (χ3v) is 9.44. The second-order valence-corrected chi connectivity index (χ2v) is 14.0. The van der Waals surface area contributed by atoms with Crippen LogP contribution in [0, 0.1) is 11.8 Å². The molecule has 1 aromatic heterocycles. The SMILES string of the molecule is C=CC1C[N+]2(Cc3cc(C(C)(C)C)c(OC)c(C(C)(C)C)c3)CCC1CC2Cc1ccnc2ccccc12. The van der Waals surface area contributed by atoms with Gasteiger partial charge in [-0.15, -0.1) is 6.58 Å². The number of hydrogen-bond donors (Lipinski definition) is 0. The van der Waals surface area contributed by atoms with Gasteiger partial charge in [0.15, 0.2) is 0 Å². The van der Waals surface area contributed by atoms with E-state index in [4.69, 9.17) is 4.74 Å². The Kier molecular flexibility index (Phi) is 6.97. The van der Waals surface area contributed by atoms with Crippen LogP contribution in [0.15, 0.2) is 61.3 Å². The molecule has 38 heavy (non-hydrogen) atoms. The van der Waals surface area contributed by atoms with Gasteiger partial charge in [0.1, 0.15) is 12.3 Å². The van der Waals surface area contributed by atoms with Crippen molar-refractivity contribution in [2.75, 3.05) is 20.2 Å². The van der Waals surface area contributed by atoms with E-state index in [0.29, 0.717) is 12.0 Å². The molecule has 3 heteroatoms. The molecule has 3 fully saturated rings. The number of aromatic nitrogens is 1. The Morgan fingerprint density at radius 2 is 1.71 bits per heavy atom. The maximum Gasteiger partial charge on any atom is 0.126 e. The fraction of sp³-hybridized carbons (Fsp3) is 0.514. The molecule has 3 aliphatic heterocycles. The zero-order valence-corrected chi connectivity index (χ0v) is 24.7. The molecule has 4 unspecified atom stereocenters. The largest absolute Gasteiger partial charge is 0.496 e. The van der Waals surface area contributed by atoms with Crippen LogP contribution in [0.1, 0.15) is 76.6 Å². The fourth-order valence-electron chi connectivity index (χ4n) is 7.38. The van der Waals surface area contributed by atoms with Crippen molar-refractivity contribution in [1.82, 2.24) is 4.98 Å². The van der Waals surface area contributed by atoms with Crippen LogP contribution in [-0.2, 0) is 23.8 Å². The molecule has 3 saturated heterocycles. The highest BCUT2D eigenvalue weighted by atomic mass is 16.5. The Balaban J connectivity index is 1.59. The second kappa shape index (κ2) is 9.83. The number of benzene rings is 2. The van der Waals surface area contributed by atoms with E-state index in [-0.39, 0.29) is 10.8 Å². The van der Waals surface area contributed by atoms with Gasteiger partial charge in [0.05, 0.1) is 31.8 Å². The summed E-state index contributed by atoms with van der Waals surface area (Å²) in [4.78, 5) is 4.64. The van der Waals surface area contributed by atoms with Gasteiger partial charge in [-0.05, 0) is 46.6 Å². The smallest absolute Gasteiger partial charge is 0.126 e. The molecule has 4 heterocycles. The van der Waals surface area contributed by atoms with Gasteiger partial charge >= 0.3 is 0 Å². The van der Waals surface area contributed by atoms with Crippen LogP contribution in [0.5, 0.6) is 5.75 Å². The first-order valence-electron chi connectivity index (χ1n) is 14.5. The first kappa shape index (κ1) is 26.9. The highest BCUT2D eigenvalue weighted by molar-refractivity contribution is 5.81. The van der Waals surface area contributed by atoms with Crippen LogP contribution < -0.4 is 4.74 Å². The van der Waals surface area contributed by atoms with Gasteiger partial charge in [-0.2, -0.15) is 0 Å². The van der Waals surface area contributed by atoms with Crippen LogP contribution in [0.4, 0.5) is 0 Å². The summed E-state index contributed by atoms with van der Waals surface area (Å²) >= 11 is 0. The molecule has 0 radical (unpaired) electrons. The molecule has 3 nitrogen and oxygen atoms in total. The van der Waals surface area contributed by atoms with Crippen molar-refractivity contribution in [3.63, 3.8) is 0 Å². The molecule has 0 aliphatic carbocycles. The second-order valence-electron chi connectivity index (χ2n) is 14.0. The highest BCUT2D eigenvalue weighted by Crippen LogP contribution is 2.47. The summed E-state index contributed by atoms with van der Waals surface area (Å²) in [6.45, 7) is 21.7. The molecule has 3 aromatic rings. The van der Waals surface area contributed by atoms with E-state index >= 15 is 0 Å². The summed E-state index contributed by atoms with van der Waals surface area (Å²) in [6, 6.07) is 16.4. The van der Waals surface area contributed by atoms with Gasteiger partial charge in [0.2, 0.25) is 0 Å². The van der Waals surface area contributed by atoms with E-state index in [1.807, 2.05) is 13.3 Å². The van der Waals surface area contributed by atoms with Crippen molar-refractivity contribution in [2.24, 2.45) is 11.8 Å². The third-order valence-electron chi connectivity index (χ3n) is 9.44. The minimum atomic E-state index is 0.00918. The quantitative estimate of drug-likeness (QED) is 0.247. The Labute approximate surface area is 230 Å². The fourth-order valence-corrected chi connectivity index (χ4v) is 7.38. The first-order chi connectivity index (χ1) is 17.9. The zero-order chi connectivity index (χ0) is 27.3. The summed E-state index contributed by atoms with van der Waals surface area (Å²) in [6.07, 6.45) is 7.95. The summed E-state index contributed by atoms with van der Waals surface area (Å²) in [5.41, 5.74) is 6.67. The number of methoxy groups -OCH3 is 1. The van der Waals surface area contributed by atoms with E-state index in [1.54, 1.807) is 0 Å². The molecule has 6 rings (SSSR count). The Morgan fingerprint density at radius 3 is 2.34 bits per heavy atom. The van der Waals surface area contributed by atoms with E-state index in [1.165, 1.54) is 53.6 Å². The Bertz CT molecular complexity index is 1290. The lowest BCUT2D eigenvalue weighted by Crippen LogP contribution is -2.66. The number of fused-ring (bicyclic) bond motifs is 4. The number of ether oxygens (including phenoxy) is 1. The minimum Gasteiger partial charge on any atom is -0.496 e. The number of rotatable bonds is 6. The average Bonchev–Trinajstić information content (AvgIpc) is 2.88. The molecule has 0 N–H and O–H groups in total. The normalized spacial score (nSPS) is 25.5. The maximum absolute atomic E-state index is 6.08. The van der Waals surface area contributed by atoms with Crippen molar-refractivity contribution in [1.29, 1.82) is 0 Å². The lowest BCUT2D eigenvalue weighted by molar-refractivity contribution is -0.981. The van der Waals surface area contributed by atoms with E-state index in [9.17, 15) is 0 Å². The molecule has 2 aromatic carbocycles. The topological polar surface area (TPSA) is 22.1 Å². The lowest BCUT2D eigenvalue weighted by atomic mass is 9.71. The van der Waals surface area contributed by atoms with Crippen molar-refractivity contribution >= 4 is 10.9 Å². The molecule has 0 spiro atoms. The van der Waals surface area contributed by atoms with Crippen LogP contribution in [0.25, 0.3) is 10.9 Å². The van der Waals surface area contributed by atoms with E-state index < -0.39 is 0 Å². The molecule has 4 atom stereocenters. The van der Waals surface area contributed by atoms with Gasteiger partial charge in [-0.3, -0.25) is 4.98 Å². The van der Waals surface area contributed by atoms with Crippen LogP contribution in [0.3, 0.4) is 0 Å². The lowest BCUT2D eigenvalue weighted by Gasteiger charge is -2.57. The van der Waals surface area contributed by atoms with Crippen LogP contribution in [0.2, 0.25) is 0 Å². The highest BCUT2D eigenvalue weighted by Gasteiger charge is 2.51. The Morgan fingerprint density at radius 1 is 1.03 bits per heavy atom. The molecule has 0 amide bonds. The number of hydrogen-bond acceptors (Lipinski definition) is 2. The van der Waals surface area contributed by atoms with Gasteiger partial charge < -0.3 is 9.22 Å². The average molecular weight is 512 g/mol. The van der Waals surface area contributed by atoms with Gasteiger partial charge in [0.25, 0.3) is 0 Å². The standard InChI is InChI=1S/C35H47N2O/c1-9-25-23-37(22-24-18-30(34(2,3)4)33(38-8)31(19-24)35(5,6)7)17-15-26(25)20-28(37)21-27-14-16-36-32-13-11-10-12-29(27)32/h9-14,16,18-19,25-26,28H,1,15,17,20-23H2,2-8H3/q+1. The molecule has 0 saturated carbocycles. The number of pyridine rings is 1. The first-order valence-corrected chi connectivity index (χ1v) is 14.5. The molecule has 2 bridgehead atoms. The summed E-state index contributed by atoms with van der Waals surface area (Å²) in [5, 5.41) is 1.31. The van der Waals surface area contributed by atoms with E-state index in [2.05, 4.69) is 102 Å². The summed E-state index contributed by atoms with van der Waals surface area (Å²) in [5.74, 6) is 2.43. The summed E-state index contributed by atoms with van der Waals surface area (Å²) < 4.78 is 7.24. The van der Waals surface area contributed by atoms with Crippen LogP contribution in [-0.4, -0.2) is 35.7 Å². The molecular formula is C35H47N2O+. The zero-order valence-electron chi connectivity index (χ0n) is 24.7. The molecule has 202 valence electrons. The third kappa shape index (κ3) is 4.91. The predicted octanol–water partition coefficient (Wildman–Crippen LogP) is 7.99. The van der Waals surface area contributed by atoms with Crippen molar-refractivity contribution in [3.8, 4) is 5.75 Å². The molecular weight excluding hydrogens is 464 g/mol. The number of quaternary nitrogens is 1. The summed E-state index contributed by atoms with van der Waals surface area (Å²) in [7, 11) is 1.83. The minimum absolute atomic E-state index is 0.00918. The van der Waals surface area contributed by atoms with Crippen LogP contribution >= 0.6 is 0 Å². The number of para-hydroxylation sites is 1. The van der Waals surface area contributed by atoms with Crippen molar-refractivity contribution in [2.45, 2.75) is 84.2 Å². The maximum atomic E-state index is 6.08. The van der Waals surface area contributed by atoms with Gasteiger partial charge in [0, 0.05) is 53.5 Å². The van der Waals surface area contributed by atoms with Gasteiger partial charge in [-0.1, -0.05) is 65.8 Å². The Hall–Kier alpha value is -2.65. The monoisotopic (exact) mass is 511 g/mol. The van der Waals surface area contributed by atoms with Gasteiger partial charge in [-0.25, -0.2) is 0 Å². The number of nitrogens with zero attached hydrogens (tertiary/aromatic N) is 2. The predicted molar refractivity (Wildman–Crippen MR) is 160 cm³/mol. The molecule has 3 aliphatic rings. The van der Waals surface area contributed by atoms with Crippen molar-refractivity contribution < 1.29 is 9.22 Å². The number of piperidine rings is 3. The van der Waals surface area contributed by atoms with E-state index in [0.717, 1.165) is 34.6 Å². The van der Waals surface area contributed by atoms with Crippen molar-refractivity contribution in [3.05, 3.63) is 83.6 Å².